The van der Waals surface area contributed by atoms with Crippen LogP contribution in [0, 0.1) is 23.3 Å². The zero-order valence-electron chi connectivity index (χ0n) is 49.2. The van der Waals surface area contributed by atoms with Crippen LogP contribution in [0.15, 0.2) is 39.6 Å². The number of fused-ring (bicyclic) bond motifs is 1. The number of rotatable bonds is 36. The smallest absolute Gasteiger partial charge is 0.410 e. The normalized spacial score (nSPS) is 19.1. The maximum Gasteiger partial charge on any atom is 0.410 e. The average Bonchev–Trinajstić information content (AvgIpc) is 3.95. The Morgan fingerprint density at radius 1 is 0.873 bits per heavy atom. The Hall–Kier alpha value is -5.18. The molecule has 0 bridgehead atoms. The number of furan rings is 1. The molecule has 1 fully saturated rings. The van der Waals surface area contributed by atoms with Crippen LogP contribution in [0.2, 0.25) is 0 Å². The van der Waals surface area contributed by atoms with Gasteiger partial charge in [0, 0.05) is 72.0 Å². The van der Waals surface area contributed by atoms with E-state index in [0.717, 1.165) is 17.9 Å². The van der Waals surface area contributed by atoms with E-state index in [4.69, 9.17) is 47.8 Å². The molecule has 24 heteroatoms. The highest BCUT2D eigenvalue weighted by atomic mass is 16.7. The summed E-state index contributed by atoms with van der Waals surface area (Å²) in [5.41, 5.74) is 8.72. The highest BCUT2D eigenvalue weighted by molar-refractivity contribution is 5.90. The highest BCUT2D eigenvalue weighted by Gasteiger charge is 2.39. The summed E-state index contributed by atoms with van der Waals surface area (Å²) >= 11 is 0. The van der Waals surface area contributed by atoms with E-state index >= 15 is 0 Å². The Balaban J connectivity index is 2.01. The molecule has 10 unspecified atom stereocenters. The van der Waals surface area contributed by atoms with Crippen LogP contribution in [0.5, 0.6) is 5.75 Å². The van der Waals surface area contributed by atoms with Gasteiger partial charge in [0.15, 0.2) is 6.61 Å². The zero-order chi connectivity index (χ0) is 58.9. The number of ether oxygens (including phenoxy) is 8. The number of carbonyl (C=O) groups is 4. The predicted octanol–water partition coefficient (Wildman–Crippen LogP) is 5.27. The average molecular weight is 1120 g/mol. The first-order valence-corrected chi connectivity index (χ1v) is 27.5. The summed E-state index contributed by atoms with van der Waals surface area (Å²) in [6, 6.07) is 3.19. The van der Waals surface area contributed by atoms with Crippen LogP contribution in [-0.4, -0.2) is 216 Å². The molecular weight excluding hydrogens is 1030 g/mol. The van der Waals surface area contributed by atoms with Crippen LogP contribution >= 0.6 is 0 Å². The quantitative estimate of drug-likeness (QED) is 0.0374. The number of nitrogens with zero attached hydrogens (tertiary/aromatic N) is 5. The molecule has 0 radical (unpaired) electrons. The van der Waals surface area contributed by atoms with Crippen molar-refractivity contribution < 1.29 is 76.8 Å². The second-order valence-electron chi connectivity index (χ2n) is 21.0. The van der Waals surface area contributed by atoms with Gasteiger partial charge in [0.1, 0.15) is 41.4 Å². The molecule has 0 aliphatic carbocycles. The lowest BCUT2D eigenvalue weighted by Crippen LogP contribution is -2.54. The van der Waals surface area contributed by atoms with Crippen molar-refractivity contribution in [3.05, 3.63) is 41.4 Å². The Kier molecular flexibility index (Phi) is 30.0. The summed E-state index contributed by atoms with van der Waals surface area (Å²) < 4.78 is 53.1. The largest absolute Gasteiger partial charge is 0.464 e. The molecule has 1 aliphatic rings. The Bertz CT molecular complexity index is 2190. The van der Waals surface area contributed by atoms with E-state index < -0.39 is 67.4 Å². The minimum atomic E-state index is -1.36. The lowest BCUT2D eigenvalue weighted by Gasteiger charge is -2.37. The molecule has 1 saturated heterocycles. The molecule has 0 spiro atoms. The number of aliphatic hydroxyl groups excluding tert-OH is 3. The summed E-state index contributed by atoms with van der Waals surface area (Å²) in [6.07, 6.45) is -5.35. The van der Waals surface area contributed by atoms with Gasteiger partial charge in [-0.15, -0.1) is 0 Å². The van der Waals surface area contributed by atoms with E-state index in [9.17, 15) is 34.5 Å². The first kappa shape index (κ1) is 68.1. The maximum absolute atomic E-state index is 14.5. The van der Waals surface area contributed by atoms with Gasteiger partial charge in [0.25, 0.3) is 0 Å². The molecule has 79 heavy (non-hydrogen) atoms. The molecule has 3 rings (SSSR count). The van der Waals surface area contributed by atoms with E-state index in [2.05, 4.69) is 22.7 Å². The lowest BCUT2D eigenvalue weighted by atomic mass is 9.91. The van der Waals surface area contributed by atoms with Crippen LogP contribution in [0.25, 0.3) is 11.0 Å². The second kappa shape index (κ2) is 34.8. The van der Waals surface area contributed by atoms with Crippen molar-refractivity contribution in [1.29, 1.82) is 5.53 Å². The fraction of sp³-hybridized carbons (Fsp3) is 0.745. The van der Waals surface area contributed by atoms with Gasteiger partial charge >= 0.3 is 12.2 Å². The number of nitrogens with one attached hydrogen (secondary N) is 3. The molecule has 2 aromatic rings. The Labute approximate surface area is 467 Å². The number of likely N-dealkylation sites (N-methyl/N-ethyl adjacent to an activating group) is 3. The van der Waals surface area contributed by atoms with Gasteiger partial charge in [0.05, 0.1) is 82.1 Å². The molecule has 0 saturated carbocycles. The first-order chi connectivity index (χ1) is 37.5. The summed E-state index contributed by atoms with van der Waals surface area (Å²) in [6.45, 7) is 17.9. The highest BCUT2D eigenvalue weighted by Crippen LogP contribution is 2.40. The fourth-order valence-corrected chi connectivity index (χ4v) is 8.97. The SMILES string of the molecule is CCC(C)C(C(CC)OC)N(C)C(=O)CNC(=O)C(C(C)C)N(C)C(=O)OC(C/C(=C/NCCOCCOCCOCCN(C)C)N=N)c1ccc(OC2CC(O)C(O)C(CO)O2)c2cc(COC(=O)N(C)C(C)C(C)C)oc12. The first-order valence-electron chi connectivity index (χ1n) is 27.5. The van der Waals surface area contributed by atoms with Gasteiger partial charge in [0.2, 0.25) is 18.1 Å². The molecule has 1 aromatic carbocycles. The summed E-state index contributed by atoms with van der Waals surface area (Å²) in [7, 11) is 10.3. The maximum atomic E-state index is 14.5. The lowest BCUT2D eigenvalue weighted by molar-refractivity contribution is -0.229. The monoisotopic (exact) mass is 1120 g/mol. The van der Waals surface area contributed by atoms with Gasteiger partial charge in [-0.3, -0.25) is 14.5 Å². The minimum absolute atomic E-state index is 0.107. The molecular formula is C55H94N8O16. The van der Waals surface area contributed by atoms with E-state index in [0.29, 0.717) is 51.4 Å². The van der Waals surface area contributed by atoms with Gasteiger partial charge in [-0.05, 0) is 63.4 Å². The van der Waals surface area contributed by atoms with E-state index in [1.807, 2.05) is 53.6 Å². The molecule has 450 valence electrons. The van der Waals surface area contributed by atoms with Crippen molar-refractivity contribution in [3.8, 4) is 5.75 Å². The third kappa shape index (κ3) is 21.0. The molecule has 1 aliphatic heterocycles. The number of benzene rings is 1. The Morgan fingerprint density at radius 2 is 1.53 bits per heavy atom. The number of hydrogen-bond donors (Lipinski definition) is 6. The van der Waals surface area contributed by atoms with E-state index in [-0.39, 0.29) is 96.9 Å². The molecule has 10 atom stereocenters. The van der Waals surface area contributed by atoms with Gasteiger partial charge in [-0.25, -0.2) is 15.1 Å². The van der Waals surface area contributed by atoms with Crippen LogP contribution in [-0.2, 0) is 49.4 Å². The topological polar surface area (TPSA) is 289 Å². The van der Waals surface area contributed by atoms with Crippen molar-refractivity contribution >= 4 is 35.0 Å². The Morgan fingerprint density at radius 3 is 2.11 bits per heavy atom. The van der Waals surface area contributed by atoms with Crippen LogP contribution in [0.1, 0.15) is 98.5 Å². The molecule has 4 amide bonds. The number of hydrogen-bond acceptors (Lipinski definition) is 20. The standard InChI is InChI=1S/C55H94N8O16/c1-15-36(7)50(43(16-2)71-14)62(12)47(66)31-58-53(68)49(35(5)6)63(13)55(70)79-45(27-38(59-56)30-57-19-21-72-23-25-74-26-24-73-22-20-60(9)10)40-17-18-44(77-48-29-42(65)51(67)46(32-64)78-48)41-28-39(76-52(40)41)33-75-54(69)61(11)37(8)34(3)4/h17-18,28,30,34-37,42-43,45-46,48-51,56-57,64-65,67H,15-16,19-27,29,31-33H2,1-14H3,(H,58,68)/b38-30-,59-56?. The summed E-state index contributed by atoms with van der Waals surface area (Å²) in [4.78, 5) is 61.8. The number of methoxy groups -OCH3 is 1. The van der Waals surface area contributed by atoms with Crippen molar-refractivity contribution in [2.24, 2.45) is 22.9 Å². The van der Waals surface area contributed by atoms with Gasteiger partial charge in [-0.1, -0.05) is 54.9 Å². The molecule has 2 heterocycles. The third-order valence-electron chi connectivity index (χ3n) is 14.3. The third-order valence-corrected chi connectivity index (χ3v) is 14.3. The summed E-state index contributed by atoms with van der Waals surface area (Å²) in [5, 5.41) is 40.9. The zero-order valence-corrected chi connectivity index (χ0v) is 49.2. The van der Waals surface area contributed by atoms with Gasteiger partial charge < -0.3 is 83.0 Å². The van der Waals surface area contributed by atoms with E-state index in [1.165, 1.54) is 18.1 Å². The number of amides is 4. The van der Waals surface area contributed by atoms with Crippen molar-refractivity contribution in [3.63, 3.8) is 0 Å². The molecule has 6 N–H and O–H groups in total. The predicted molar refractivity (Wildman–Crippen MR) is 294 cm³/mol. The van der Waals surface area contributed by atoms with Crippen molar-refractivity contribution in [2.45, 2.75) is 143 Å². The second-order valence-corrected chi connectivity index (χ2v) is 21.0. The molecule has 24 nitrogen and oxygen atoms in total. The van der Waals surface area contributed by atoms with Crippen LogP contribution in [0.4, 0.5) is 9.59 Å². The van der Waals surface area contributed by atoms with Crippen molar-refractivity contribution in [1.82, 2.24) is 30.2 Å². The van der Waals surface area contributed by atoms with Crippen LogP contribution < -0.4 is 15.4 Å². The molecule has 1 aromatic heterocycles. The van der Waals surface area contributed by atoms with Crippen LogP contribution in [0.3, 0.4) is 0 Å². The van der Waals surface area contributed by atoms with E-state index in [1.54, 1.807) is 58.2 Å². The van der Waals surface area contributed by atoms with Gasteiger partial charge in [-0.2, -0.15) is 5.11 Å². The summed E-state index contributed by atoms with van der Waals surface area (Å²) in [5.74, 6) is -0.814. The fourth-order valence-electron chi connectivity index (χ4n) is 8.97. The number of carbonyl (C=O) groups excluding carboxylic acids is 4. The number of aliphatic hydroxyl groups is 3. The minimum Gasteiger partial charge on any atom is -0.464 e. The van der Waals surface area contributed by atoms with Crippen molar-refractivity contribution in [2.75, 3.05) is 108 Å².